The van der Waals surface area contributed by atoms with Gasteiger partial charge in [0.2, 0.25) is 5.91 Å². The van der Waals surface area contributed by atoms with Gasteiger partial charge in [-0.1, -0.05) is 19.1 Å². The summed E-state index contributed by atoms with van der Waals surface area (Å²) in [5.41, 5.74) is 2.26. The van der Waals surface area contributed by atoms with Gasteiger partial charge in [-0.15, -0.1) is 0 Å². The molecule has 1 N–H and O–H groups in total. The lowest BCUT2D eigenvalue weighted by Crippen LogP contribution is -2.24. The third-order valence-corrected chi connectivity index (χ3v) is 3.92. The Labute approximate surface area is 112 Å². The fraction of sp³-hybridized carbons (Fsp3) is 0.467. The number of carbonyl (C=O) groups is 2. The number of rotatable bonds is 4. The summed E-state index contributed by atoms with van der Waals surface area (Å²) in [5.74, 6) is 1.60. The number of fused-ring (bicyclic) bond motifs is 1. The zero-order valence-corrected chi connectivity index (χ0v) is 10.9. The van der Waals surface area contributed by atoms with Crippen LogP contribution in [0, 0.1) is 5.92 Å². The number of amides is 1. The average Bonchev–Trinajstić information content (AvgIpc) is 3.07. The molecule has 1 amide bonds. The summed E-state index contributed by atoms with van der Waals surface area (Å²) in [7, 11) is 0. The van der Waals surface area contributed by atoms with Crippen molar-refractivity contribution < 1.29 is 14.3 Å². The van der Waals surface area contributed by atoms with Crippen LogP contribution in [0.15, 0.2) is 18.2 Å². The van der Waals surface area contributed by atoms with Crippen LogP contribution in [0.5, 0.6) is 5.75 Å². The van der Waals surface area contributed by atoms with Gasteiger partial charge < -0.3 is 10.1 Å². The SMILES string of the molecule is CCC(=O)NC[C@@H]1C[C@H]1c1cccc2c1CC(=O)O2. The number of esters is 1. The van der Waals surface area contributed by atoms with Gasteiger partial charge >= 0.3 is 5.97 Å². The molecular weight excluding hydrogens is 242 g/mol. The van der Waals surface area contributed by atoms with Crippen LogP contribution < -0.4 is 10.1 Å². The standard InChI is InChI=1S/C15H17NO3/c1-2-14(17)16-8-9-6-11(9)10-4-3-5-13-12(10)7-15(18)19-13/h3-5,9,11H,2,6-8H2,1H3,(H,16,17)/t9-,11+/m0/s1. The van der Waals surface area contributed by atoms with Gasteiger partial charge in [-0.2, -0.15) is 0 Å². The molecule has 1 fully saturated rings. The van der Waals surface area contributed by atoms with Gasteiger partial charge in [0.05, 0.1) is 6.42 Å². The number of benzene rings is 1. The van der Waals surface area contributed by atoms with Crippen LogP contribution in [-0.2, 0) is 16.0 Å². The molecule has 0 aromatic heterocycles. The molecular formula is C15H17NO3. The summed E-state index contributed by atoms with van der Waals surface area (Å²) in [5, 5.41) is 2.93. The topological polar surface area (TPSA) is 55.4 Å². The Morgan fingerprint density at radius 1 is 1.47 bits per heavy atom. The number of hydrogen-bond acceptors (Lipinski definition) is 3. The molecule has 1 heterocycles. The van der Waals surface area contributed by atoms with E-state index in [2.05, 4.69) is 11.4 Å². The molecule has 0 radical (unpaired) electrons. The van der Waals surface area contributed by atoms with E-state index in [1.165, 1.54) is 5.56 Å². The molecule has 4 heteroatoms. The number of carbonyl (C=O) groups excluding carboxylic acids is 2. The zero-order valence-electron chi connectivity index (χ0n) is 10.9. The van der Waals surface area contributed by atoms with Crippen LogP contribution in [0.2, 0.25) is 0 Å². The maximum atomic E-state index is 11.4. The molecule has 0 unspecified atom stereocenters. The van der Waals surface area contributed by atoms with Crippen LogP contribution in [0.1, 0.15) is 36.8 Å². The Hall–Kier alpha value is -1.84. The summed E-state index contributed by atoms with van der Waals surface area (Å²) < 4.78 is 5.17. The highest BCUT2D eigenvalue weighted by molar-refractivity contribution is 5.82. The third-order valence-electron chi connectivity index (χ3n) is 3.92. The molecule has 0 bridgehead atoms. The number of ether oxygens (including phenoxy) is 1. The monoisotopic (exact) mass is 259 g/mol. The Morgan fingerprint density at radius 3 is 3.11 bits per heavy atom. The van der Waals surface area contributed by atoms with Crippen LogP contribution in [0.25, 0.3) is 0 Å². The van der Waals surface area contributed by atoms with E-state index in [0.29, 0.717) is 30.4 Å². The largest absolute Gasteiger partial charge is 0.426 e. The van der Waals surface area contributed by atoms with Gasteiger partial charge in [0.1, 0.15) is 5.75 Å². The van der Waals surface area contributed by atoms with Crippen molar-refractivity contribution in [2.24, 2.45) is 5.92 Å². The smallest absolute Gasteiger partial charge is 0.315 e. The lowest BCUT2D eigenvalue weighted by atomic mass is 10.00. The highest BCUT2D eigenvalue weighted by atomic mass is 16.5. The maximum absolute atomic E-state index is 11.4. The first kappa shape index (κ1) is 12.2. The van der Waals surface area contributed by atoms with E-state index < -0.39 is 0 Å². The lowest BCUT2D eigenvalue weighted by Gasteiger charge is -2.06. The van der Waals surface area contributed by atoms with Crippen molar-refractivity contribution in [3.05, 3.63) is 29.3 Å². The van der Waals surface area contributed by atoms with Crippen molar-refractivity contribution in [1.29, 1.82) is 0 Å². The van der Waals surface area contributed by atoms with E-state index >= 15 is 0 Å². The molecule has 1 aromatic rings. The minimum atomic E-state index is -0.168. The molecule has 3 rings (SSSR count). The third kappa shape index (κ3) is 2.35. The van der Waals surface area contributed by atoms with Crippen molar-refractivity contribution in [1.82, 2.24) is 5.32 Å². The first-order chi connectivity index (χ1) is 9.19. The average molecular weight is 259 g/mol. The molecule has 4 nitrogen and oxygen atoms in total. The normalized spacial score (nSPS) is 23.7. The molecule has 2 aliphatic rings. The van der Waals surface area contributed by atoms with Crippen molar-refractivity contribution in [3.8, 4) is 5.75 Å². The molecule has 19 heavy (non-hydrogen) atoms. The predicted octanol–water partition coefficient (Wildman–Crippen LogP) is 1.78. The van der Waals surface area contributed by atoms with E-state index in [4.69, 9.17) is 4.74 Å². The Morgan fingerprint density at radius 2 is 2.32 bits per heavy atom. The Kier molecular flexibility index (Phi) is 3.01. The molecule has 0 saturated heterocycles. The zero-order chi connectivity index (χ0) is 13.4. The Balaban J connectivity index is 1.68. The molecule has 2 atom stereocenters. The molecule has 0 spiro atoms. The van der Waals surface area contributed by atoms with E-state index in [9.17, 15) is 9.59 Å². The first-order valence-electron chi connectivity index (χ1n) is 6.78. The van der Waals surface area contributed by atoms with Gasteiger partial charge in [-0.05, 0) is 29.9 Å². The van der Waals surface area contributed by atoms with Gasteiger partial charge in [0.25, 0.3) is 0 Å². The summed E-state index contributed by atoms with van der Waals surface area (Å²) >= 11 is 0. The molecule has 1 aliphatic carbocycles. The van der Waals surface area contributed by atoms with Gasteiger partial charge in [0.15, 0.2) is 0 Å². The quantitative estimate of drug-likeness (QED) is 0.662. The van der Waals surface area contributed by atoms with Gasteiger partial charge in [-0.3, -0.25) is 9.59 Å². The fourth-order valence-electron chi connectivity index (χ4n) is 2.74. The second-order valence-electron chi connectivity index (χ2n) is 5.23. The van der Waals surface area contributed by atoms with Crippen LogP contribution in [0.3, 0.4) is 0 Å². The second kappa shape index (κ2) is 4.68. The van der Waals surface area contributed by atoms with E-state index in [1.807, 2.05) is 19.1 Å². The highest BCUT2D eigenvalue weighted by Crippen LogP contribution is 2.50. The van der Waals surface area contributed by atoms with Crippen molar-refractivity contribution >= 4 is 11.9 Å². The fourth-order valence-corrected chi connectivity index (χ4v) is 2.74. The van der Waals surface area contributed by atoms with E-state index in [-0.39, 0.29) is 11.9 Å². The molecule has 1 aromatic carbocycles. The minimum absolute atomic E-state index is 0.0995. The molecule has 100 valence electrons. The highest BCUT2D eigenvalue weighted by Gasteiger charge is 2.41. The molecule has 1 saturated carbocycles. The van der Waals surface area contributed by atoms with Crippen molar-refractivity contribution in [2.75, 3.05) is 6.54 Å². The first-order valence-corrected chi connectivity index (χ1v) is 6.78. The van der Waals surface area contributed by atoms with Crippen LogP contribution >= 0.6 is 0 Å². The second-order valence-corrected chi connectivity index (χ2v) is 5.23. The van der Waals surface area contributed by atoms with Crippen LogP contribution in [0.4, 0.5) is 0 Å². The maximum Gasteiger partial charge on any atom is 0.315 e. The summed E-state index contributed by atoms with van der Waals surface area (Å²) in [4.78, 5) is 22.6. The van der Waals surface area contributed by atoms with Gasteiger partial charge in [-0.25, -0.2) is 0 Å². The minimum Gasteiger partial charge on any atom is -0.426 e. The van der Waals surface area contributed by atoms with E-state index in [0.717, 1.165) is 18.5 Å². The van der Waals surface area contributed by atoms with Crippen molar-refractivity contribution in [3.63, 3.8) is 0 Å². The number of hydrogen-bond donors (Lipinski definition) is 1. The summed E-state index contributed by atoms with van der Waals surface area (Å²) in [6.45, 7) is 2.59. The van der Waals surface area contributed by atoms with Crippen molar-refractivity contribution in [2.45, 2.75) is 32.1 Å². The predicted molar refractivity (Wildman–Crippen MR) is 69.9 cm³/mol. The summed E-state index contributed by atoms with van der Waals surface area (Å²) in [6.07, 6.45) is 1.99. The van der Waals surface area contributed by atoms with E-state index in [1.54, 1.807) is 0 Å². The number of nitrogens with one attached hydrogen (secondary N) is 1. The molecule has 1 aliphatic heterocycles. The summed E-state index contributed by atoms with van der Waals surface area (Å²) in [6, 6.07) is 5.86. The van der Waals surface area contributed by atoms with Crippen LogP contribution in [-0.4, -0.2) is 18.4 Å². The lowest BCUT2D eigenvalue weighted by molar-refractivity contribution is -0.131. The Bertz CT molecular complexity index is 538. The van der Waals surface area contributed by atoms with Gasteiger partial charge in [0, 0.05) is 18.5 Å².